The Morgan fingerprint density at radius 2 is 2.40 bits per heavy atom. The maximum atomic E-state index is 9.83. The van der Waals surface area contributed by atoms with E-state index in [0.29, 0.717) is 6.29 Å². The summed E-state index contributed by atoms with van der Waals surface area (Å²) in [6, 6.07) is 0. The number of nitrogens with one attached hydrogen (secondary N) is 1. The Bertz CT molecular complexity index is 142. The molecule has 3 N–H and O–H groups in total. The Hall–Kier alpha value is -1.16. The van der Waals surface area contributed by atoms with E-state index in [4.69, 9.17) is 5.73 Å². The second-order valence-electron chi connectivity index (χ2n) is 1.55. The molecule has 0 saturated carbocycles. The zero-order valence-corrected chi connectivity index (χ0v) is 5.82. The molecule has 0 aromatic rings. The maximum Gasteiger partial charge on any atom is 0.142 e. The molecule has 0 aromatic heterocycles. The molecular formula is C6H11N3O. The summed E-state index contributed by atoms with van der Waals surface area (Å²) in [5, 5.41) is 2.81. The van der Waals surface area contributed by atoms with Crippen molar-refractivity contribution in [3.05, 3.63) is 12.2 Å². The largest absolute Gasteiger partial charge is 0.390 e. The van der Waals surface area contributed by atoms with Gasteiger partial charge in [-0.2, -0.15) is 0 Å². The molecule has 0 aliphatic rings. The van der Waals surface area contributed by atoms with Gasteiger partial charge in [0.05, 0.1) is 6.34 Å². The molecule has 0 saturated heterocycles. The molecule has 1 atom stereocenters. The van der Waals surface area contributed by atoms with Crippen LogP contribution in [0, 0.1) is 0 Å². The second kappa shape index (κ2) is 5.97. The van der Waals surface area contributed by atoms with Gasteiger partial charge in [0, 0.05) is 0 Å². The van der Waals surface area contributed by atoms with Crippen LogP contribution >= 0.6 is 0 Å². The van der Waals surface area contributed by atoms with Gasteiger partial charge in [-0.25, -0.2) is 0 Å². The number of hydrogen-bond acceptors (Lipinski definition) is 3. The van der Waals surface area contributed by atoms with Gasteiger partial charge in [-0.15, -0.1) is 0 Å². The summed E-state index contributed by atoms with van der Waals surface area (Å²) in [4.78, 5) is 13.6. The summed E-state index contributed by atoms with van der Waals surface area (Å²) in [6.07, 6.45) is 4.66. The van der Waals surface area contributed by atoms with Crippen LogP contribution in [0.2, 0.25) is 0 Å². The van der Waals surface area contributed by atoms with Crippen molar-refractivity contribution >= 4 is 12.6 Å². The molecule has 4 heteroatoms. The van der Waals surface area contributed by atoms with Crippen LogP contribution in [-0.2, 0) is 4.79 Å². The molecule has 0 radical (unpaired) electrons. The van der Waals surface area contributed by atoms with Crippen LogP contribution in [0.1, 0.15) is 0 Å². The fourth-order valence-electron chi connectivity index (χ4n) is 0.464. The fourth-order valence-corrected chi connectivity index (χ4v) is 0.464. The van der Waals surface area contributed by atoms with Crippen molar-refractivity contribution in [1.29, 1.82) is 0 Å². The summed E-state index contributed by atoms with van der Waals surface area (Å²) < 4.78 is 0. The standard InChI is InChI=1S/C6H11N3O/c1-8-6(9-5-7)3-2-4-10/h2-6,8H,1H3,(H2,7,9)/b3-2+. The van der Waals surface area contributed by atoms with E-state index in [1.807, 2.05) is 0 Å². The van der Waals surface area contributed by atoms with Gasteiger partial charge < -0.3 is 5.73 Å². The number of hydrogen-bond donors (Lipinski definition) is 2. The van der Waals surface area contributed by atoms with Crippen LogP contribution in [0.4, 0.5) is 0 Å². The van der Waals surface area contributed by atoms with Gasteiger partial charge >= 0.3 is 0 Å². The average Bonchev–Trinajstić information content (AvgIpc) is 1.98. The Labute approximate surface area is 59.8 Å². The quantitative estimate of drug-likeness (QED) is 0.235. The molecule has 4 nitrogen and oxygen atoms in total. The average molecular weight is 141 g/mol. The maximum absolute atomic E-state index is 9.83. The zero-order valence-electron chi connectivity index (χ0n) is 5.82. The minimum absolute atomic E-state index is 0.199. The molecule has 56 valence electrons. The van der Waals surface area contributed by atoms with E-state index >= 15 is 0 Å². The highest BCUT2D eigenvalue weighted by atomic mass is 16.1. The fraction of sp³-hybridized carbons (Fsp3) is 0.333. The normalized spacial score (nSPS) is 14.5. The van der Waals surface area contributed by atoms with Crippen LogP contribution in [0.3, 0.4) is 0 Å². The summed E-state index contributed by atoms with van der Waals surface area (Å²) in [6.45, 7) is 0. The van der Waals surface area contributed by atoms with E-state index in [1.54, 1.807) is 13.1 Å². The Morgan fingerprint density at radius 1 is 1.70 bits per heavy atom. The van der Waals surface area contributed by atoms with E-state index in [9.17, 15) is 4.79 Å². The van der Waals surface area contributed by atoms with Gasteiger partial charge in [-0.05, 0) is 19.2 Å². The number of carbonyl (C=O) groups excluding carboxylic acids is 1. The van der Waals surface area contributed by atoms with E-state index in [2.05, 4.69) is 10.3 Å². The minimum atomic E-state index is -0.199. The predicted octanol–water partition coefficient (Wildman–Crippen LogP) is -0.726. The third-order valence-corrected chi connectivity index (χ3v) is 0.914. The molecule has 0 spiro atoms. The van der Waals surface area contributed by atoms with Crippen molar-refractivity contribution < 1.29 is 4.79 Å². The number of carbonyl (C=O) groups is 1. The highest BCUT2D eigenvalue weighted by molar-refractivity contribution is 5.65. The number of aliphatic imine (C=N–C) groups is 1. The van der Waals surface area contributed by atoms with Gasteiger partial charge in [0.2, 0.25) is 0 Å². The van der Waals surface area contributed by atoms with Gasteiger partial charge in [0.1, 0.15) is 12.5 Å². The summed E-state index contributed by atoms with van der Waals surface area (Å²) >= 11 is 0. The molecule has 1 unspecified atom stereocenters. The smallest absolute Gasteiger partial charge is 0.142 e. The summed E-state index contributed by atoms with van der Waals surface area (Å²) in [7, 11) is 1.73. The lowest BCUT2D eigenvalue weighted by Crippen LogP contribution is -2.21. The molecule has 0 aliphatic carbocycles. The third kappa shape index (κ3) is 3.80. The first-order valence-electron chi connectivity index (χ1n) is 2.87. The first-order valence-corrected chi connectivity index (χ1v) is 2.87. The van der Waals surface area contributed by atoms with Crippen LogP contribution < -0.4 is 11.1 Å². The monoisotopic (exact) mass is 141 g/mol. The SMILES string of the molecule is CNC(/C=C/C=O)N=CN. The number of nitrogens with two attached hydrogens (primary N) is 1. The number of rotatable bonds is 4. The van der Waals surface area contributed by atoms with Crippen molar-refractivity contribution in [3.8, 4) is 0 Å². The van der Waals surface area contributed by atoms with Crippen LogP contribution in [0.25, 0.3) is 0 Å². The molecule has 0 fully saturated rings. The van der Waals surface area contributed by atoms with Gasteiger partial charge in [-0.3, -0.25) is 15.1 Å². The van der Waals surface area contributed by atoms with Crippen LogP contribution in [-0.4, -0.2) is 25.8 Å². The molecule has 0 aromatic carbocycles. The number of likely N-dealkylation sites (N-methyl/N-ethyl adjacent to an activating group) is 1. The molecule has 10 heavy (non-hydrogen) atoms. The molecule has 0 heterocycles. The number of nitrogens with zero attached hydrogens (tertiary/aromatic N) is 1. The Balaban J connectivity index is 3.81. The van der Waals surface area contributed by atoms with Gasteiger partial charge in [-0.1, -0.05) is 0 Å². The highest BCUT2D eigenvalue weighted by Gasteiger charge is 1.91. The Kier molecular flexibility index (Phi) is 5.28. The summed E-state index contributed by atoms with van der Waals surface area (Å²) in [5.74, 6) is 0. The van der Waals surface area contributed by atoms with Crippen molar-refractivity contribution in [3.63, 3.8) is 0 Å². The highest BCUT2D eigenvalue weighted by Crippen LogP contribution is 1.83. The van der Waals surface area contributed by atoms with Gasteiger partial charge in [0.25, 0.3) is 0 Å². The molecular weight excluding hydrogens is 130 g/mol. The lowest BCUT2D eigenvalue weighted by Gasteiger charge is -2.01. The van der Waals surface area contributed by atoms with Crippen LogP contribution in [0.5, 0.6) is 0 Å². The minimum Gasteiger partial charge on any atom is -0.390 e. The van der Waals surface area contributed by atoms with E-state index in [-0.39, 0.29) is 6.17 Å². The molecule has 0 rings (SSSR count). The second-order valence-corrected chi connectivity index (χ2v) is 1.55. The third-order valence-electron chi connectivity index (χ3n) is 0.914. The number of allylic oxidation sites excluding steroid dienone is 1. The van der Waals surface area contributed by atoms with Gasteiger partial charge in [0.15, 0.2) is 0 Å². The topological polar surface area (TPSA) is 67.5 Å². The molecule has 0 bridgehead atoms. The summed E-state index contributed by atoms with van der Waals surface area (Å²) in [5.41, 5.74) is 5.02. The van der Waals surface area contributed by atoms with Crippen LogP contribution in [0.15, 0.2) is 17.1 Å². The van der Waals surface area contributed by atoms with E-state index in [1.165, 1.54) is 12.4 Å². The zero-order chi connectivity index (χ0) is 7.82. The molecule has 0 amide bonds. The first-order chi connectivity index (χ1) is 4.85. The molecule has 0 aliphatic heterocycles. The van der Waals surface area contributed by atoms with E-state index < -0.39 is 0 Å². The van der Waals surface area contributed by atoms with Crippen molar-refractivity contribution in [2.24, 2.45) is 10.7 Å². The number of aldehydes is 1. The van der Waals surface area contributed by atoms with E-state index in [0.717, 1.165) is 0 Å². The lowest BCUT2D eigenvalue weighted by molar-refractivity contribution is -0.104. The predicted molar refractivity (Wildman–Crippen MR) is 40.7 cm³/mol. The Morgan fingerprint density at radius 3 is 2.80 bits per heavy atom. The van der Waals surface area contributed by atoms with Crippen molar-refractivity contribution in [2.45, 2.75) is 6.17 Å². The van der Waals surface area contributed by atoms with Crippen molar-refractivity contribution in [2.75, 3.05) is 7.05 Å². The van der Waals surface area contributed by atoms with Crippen molar-refractivity contribution in [1.82, 2.24) is 5.32 Å². The first kappa shape index (κ1) is 8.84. The lowest BCUT2D eigenvalue weighted by atomic mass is 10.4.